The number of anilines is 1. The third-order valence-electron chi connectivity index (χ3n) is 6.10. The molecule has 1 atom stereocenters. The molecule has 1 aliphatic rings. The zero-order valence-electron chi connectivity index (χ0n) is 22.1. The zero-order valence-corrected chi connectivity index (χ0v) is 22.1. The highest BCUT2D eigenvalue weighted by Gasteiger charge is 2.47. The van der Waals surface area contributed by atoms with Crippen molar-refractivity contribution >= 4 is 23.1 Å². The van der Waals surface area contributed by atoms with Gasteiger partial charge in [0.1, 0.15) is 17.3 Å². The van der Waals surface area contributed by atoms with Gasteiger partial charge in [0.05, 0.1) is 35.5 Å². The lowest BCUT2D eigenvalue weighted by molar-refractivity contribution is -0.132. The van der Waals surface area contributed by atoms with Gasteiger partial charge in [-0.05, 0) is 100 Å². The molecular weight excluding hydrogens is 480 g/mol. The molecule has 1 saturated heterocycles. The molecule has 3 aromatic rings. The van der Waals surface area contributed by atoms with Crippen molar-refractivity contribution in [2.24, 2.45) is 0 Å². The number of benzene rings is 3. The molecule has 1 amide bonds. The molecule has 1 unspecified atom stereocenters. The Bertz CT molecular complexity index is 1430. The van der Waals surface area contributed by atoms with Crippen LogP contribution in [-0.4, -0.2) is 29.0 Å². The highest BCUT2D eigenvalue weighted by molar-refractivity contribution is 6.51. The van der Waals surface area contributed by atoms with Crippen LogP contribution in [0.25, 0.3) is 5.76 Å². The summed E-state index contributed by atoms with van der Waals surface area (Å²) in [7, 11) is 0. The average Bonchev–Trinajstić information content (AvgIpc) is 3.15. The summed E-state index contributed by atoms with van der Waals surface area (Å²) < 4.78 is 11.6. The Kier molecular flexibility index (Phi) is 7.54. The van der Waals surface area contributed by atoms with Crippen LogP contribution in [0, 0.1) is 18.3 Å². The van der Waals surface area contributed by atoms with Crippen LogP contribution in [0.2, 0.25) is 0 Å². The van der Waals surface area contributed by atoms with Crippen molar-refractivity contribution in [3.05, 3.63) is 94.6 Å². The molecule has 0 saturated carbocycles. The number of nitriles is 1. The summed E-state index contributed by atoms with van der Waals surface area (Å²) >= 11 is 0. The summed E-state index contributed by atoms with van der Waals surface area (Å²) in [6.45, 7) is 9.56. The van der Waals surface area contributed by atoms with Crippen molar-refractivity contribution in [2.45, 2.75) is 52.9 Å². The van der Waals surface area contributed by atoms with Crippen LogP contribution >= 0.6 is 0 Å². The standard InChI is InChI=1S/C31H30N2O5/c1-18(2)37-25-13-8-22(9-14-25)28-27(29(34)23-10-15-26(20(5)16-23)38-19(3)4)30(35)31(36)33(28)24-11-6-21(17-32)7-12-24/h6-16,18-19,28,34H,1-5H3/b29-27-. The van der Waals surface area contributed by atoms with Crippen LogP contribution in [0.4, 0.5) is 5.69 Å². The van der Waals surface area contributed by atoms with Crippen LogP contribution in [0.1, 0.15) is 56.0 Å². The minimum absolute atomic E-state index is 0.0176. The molecule has 0 bridgehead atoms. The van der Waals surface area contributed by atoms with Crippen molar-refractivity contribution in [1.29, 1.82) is 5.26 Å². The molecule has 4 rings (SSSR count). The van der Waals surface area contributed by atoms with E-state index in [9.17, 15) is 20.0 Å². The minimum Gasteiger partial charge on any atom is -0.507 e. The summed E-state index contributed by atoms with van der Waals surface area (Å²) in [5.41, 5.74) is 2.67. The van der Waals surface area contributed by atoms with Crippen LogP contribution in [0.3, 0.4) is 0 Å². The monoisotopic (exact) mass is 510 g/mol. The number of carbonyl (C=O) groups excluding carboxylic acids is 2. The Labute approximate surface area is 222 Å². The van der Waals surface area contributed by atoms with Gasteiger partial charge in [0.15, 0.2) is 0 Å². The van der Waals surface area contributed by atoms with E-state index in [1.807, 2.05) is 34.6 Å². The minimum atomic E-state index is -0.886. The number of aliphatic hydroxyl groups excluding tert-OH is 1. The second-order valence-corrected chi connectivity index (χ2v) is 9.71. The third kappa shape index (κ3) is 5.25. The van der Waals surface area contributed by atoms with E-state index >= 15 is 0 Å². The molecule has 7 heteroatoms. The van der Waals surface area contributed by atoms with E-state index in [1.54, 1.807) is 66.7 Å². The molecule has 1 fully saturated rings. The summed E-state index contributed by atoms with van der Waals surface area (Å²) in [5, 5.41) is 20.6. The lowest BCUT2D eigenvalue weighted by Crippen LogP contribution is -2.29. The van der Waals surface area contributed by atoms with Gasteiger partial charge in [-0.3, -0.25) is 14.5 Å². The summed E-state index contributed by atoms with van der Waals surface area (Å²) in [4.78, 5) is 28.1. The predicted molar refractivity (Wildman–Crippen MR) is 145 cm³/mol. The number of aliphatic hydroxyl groups is 1. The first-order valence-corrected chi connectivity index (χ1v) is 12.5. The number of ketones is 1. The predicted octanol–water partition coefficient (Wildman–Crippen LogP) is 6.07. The number of ether oxygens (including phenoxy) is 2. The van der Waals surface area contributed by atoms with Crippen LogP contribution in [0.5, 0.6) is 11.5 Å². The molecule has 194 valence electrons. The Balaban J connectivity index is 1.86. The highest BCUT2D eigenvalue weighted by Crippen LogP contribution is 2.43. The Morgan fingerprint density at radius 3 is 2.11 bits per heavy atom. The van der Waals surface area contributed by atoms with Gasteiger partial charge in [-0.25, -0.2) is 0 Å². The van der Waals surface area contributed by atoms with Crippen molar-refractivity contribution in [3.63, 3.8) is 0 Å². The molecule has 3 aromatic carbocycles. The van der Waals surface area contributed by atoms with Gasteiger partial charge in [0.2, 0.25) is 0 Å². The van der Waals surface area contributed by atoms with E-state index < -0.39 is 17.7 Å². The van der Waals surface area contributed by atoms with E-state index in [-0.39, 0.29) is 23.5 Å². The Hall–Kier alpha value is -4.57. The van der Waals surface area contributed by atoms with E-state index in [0.717, 1.165) is 5.56 Å². The Morgan fingerprint density at radius 2 is 1.55 bits per heavy atom. The van der Waals surface area contributed by atoms with Gasteiger partial charge < -0.3 is 14.6 Å². The van der Waals surface area contributed by atoms with Crippen LogP contribution in [-0.2, 0) is 9.59 Å². The highest BCUT2D eigenvalue weighted by atomic mass is 16.5. The van der Waals surface area contributed by atoms with Gasteiger partial charge in [-0.2, -0.15) is 5.26 Å². The maximum atomic E-state index is 13.4. The van der Waals surface area contributed by atoms with E-state index in [2.05, 4.69) is 6.07 Å². The maximum Gasteiger partial charge on any atom is 0.300 e. The molecule has 1 aliphatic heterocycles. The molecular formula is C31H30N2O5. The second-order valence-electron chi connectivity index (χ2n) is 9.71. The van der Waals surface area contributed by atoms with Crippen molar-refractivity contribution < 1.29 is 24.2 Å². The number of aryl methyl sites for hydroxylation is 1. The number of carbonyl (C=O) groups is 2. The van der Waals surface area contributed by atoms with Crippen molar-refractivity contribution in [3.8, 4) is 17.6 Å². The first-order chi connectivity index (χ1) is 18.1. The molecule has 1 heterocycles. The lowest BCUT2D eigenvalue weighted by Gasteiger charge is -2.26. The van der Waals surface area contributed by atoms with Gasteiger partial charge >= 0.3 is 0 Å². The average molecular weight is 511 g/mol. The molecule has 0 aliphatic carbocycles. The summed E-state index contributed by atoms with van der Waals surface area (Å²) in [6, 6.07) is 19.8. The smallest absolute Gasteiger partial charge is 0.300 e. The van der Waals surface area contributed by atoms with Gasteiger partial charge in [-0.15, -0.1) is 0 Å². The molecule has 38 heavy (non-hydrogen) atoms. The van der Waals surface area contributed by atoms with Crippen LogP contribution < -0.4 is 14.4 Å². The van der Waals surface area contributed by atoms with Gasteiger partial charge in [-0.1, -0.05) is 12.1 Å². The molecule has 0 aromatic heterocycles. The first kappa shape index (κ1) is 26.5. The summed E-state index contributed by atoms with van der Waals surface area (Å²) in [6.07, 6.45) is -0.0374. The zero-order chi connectivity index (χ0) is 27.6. The number of amides is 1. The fourth-order valence-corrected chi connectivity index (χ4v) is 4.45. The lowest BCUT2D eigenvalue weighted by atomic mass is 9.94. The van der Waals surface area contributed by atoms with Crippen molar-refractivity contribution in [1.82, 2.24) is 0 Å². The fourth-order valence-electron chi connectivity index (χ4n) is 4.45. The maximum absolute atomic E-state index is 13.4. The summed E-state index contributed by atoms with van der Waals surface area (Å²) in [5.74, 6) is -0.506. The number of hydrogen-bond acceptors (Lipinski definition) is 6. The number of hydrogen-bond donors (Lipinski definition) is 1. The molecule has 0 radical (unpaired) electrons. The number of Topliss-reactive ketones (excluding diaryl/α,β-unsaturated/α-hetero) is 1. The SMILES string of the molecule is Cc1cc(/C(O)=C2/C(=O)C(=O)N(c3ccc(C#N)cc3)C2c2ccc(OC(C)C)cc2)ccc1OC(C)C. The fraction of sp³-hybridized carbons (Fsp3) is 0.258. The number of rotatable bonds is 7. The normalized spacial score (nSPS) is 16.7. The van der Waals surface area contributed by atoms with E-state index in [4.69, 9.17) is 9.47 Å². The van der Waals surface area contributed by atoms with Crippen LogP contribution in [0.15, 0.2) is 72.3 Å². The molecule has 1 N–H and O–H groups in total. The Morgan fingerprint density at radius 1 is 0.921 bits per heavy atom. The second kappa shape index (κ2) is 10.8. The van der Waals surface area contributed by atoms with Gasteiger partial charge in [0, 0.05) is 11.3 Å². The number of nitrogens with zero attached hydrogens (tertiary/aromatic N) is 2. The third-order valence-corrected chi connectivity index (χ3v) is 6.10. The first-order valence-electron chi connectivity index (χ1n) is 12.5. The van der Waals surface area contributed by atoms with E-state index in [1.165, 1.54) is 4.90 Å². The topological polar surface area (TPSA) is 99.9 Å². The van der Waals surface area contributed by atoms with Gasteiger partial charge in [0.25, 0.3) is 11.7 Å². The molecule has 0 spiro atoms. The largest absolute Gasteiger partial charge is 0.507 e. The molecule has 7 nitrogen and oxygen atoms in total. The van der Waals surface area contributed by atoms with Crippen molar-refractivity contribution in [2.75, 3.05) is 4.90 Å². The van der Waals surface area contributed by atoms with E-state index in [0.29, 0.717) is 33.9 Å². The quantitative estimate of drug-likeness (QED) is 0.235.